The summed E-state index contributed by atoms with van der Waals surface area (Å²) in [5.41, 5.74) is 2.08. The third-order valence-corrected chi connectivity index (χ3v) is 9.51. The van der Waals surface area contributed by atoms with Crippen molar-refractivity contribution in [1.82, 2.24) is 0 Å². The molecule has 2 N–H and O–H groups in total. The maximum atomic E-state index is 13.4. The smallest absolute Gasteiger partial charge is 0.265 e. The SMILES string of the molecule is O=C(CN1c2ccc(Cl)cc2-c2ccccc2S1(=O)=O)Nc1ccc(S(=O)(=O)Nc2ccc(Cl)cc2)cc1. The van der Waals surface area contributed by atoms with Crippen LogP contribution in [0.15, 0.2) is 101 Å². The van der Waals surface area contributed by atoms with Crippen LogP contribution in [-0.2, 0) is 24.8 Å². The Morgan fingerprint density at radius 3 is 2.13 bits per heavy atom. The molecule has 1 heterocycles. The lowest BCUT2D eigenvalue weighted by molar-refractivity contribution is -0.114. The fourth-order valence-corrected chi connectivity index (χ4v) is 7.06. The first kappa shape index (κ1) is 26.1. The molecule has 4 aromatic rings. The van der Waals surface area contributed by atoms with Crippen LogP contribution in [0.5, 0.6) is 0 Å². The van der Waals surface area contributed by atoms with E-state index in [0.717, 1.165) is 4.31 Å². The molecule has 0 saturated carbocycles. The maximum absolute atomic E-state index is 13.4. The molecular formula is C26H19Cl2N3O5S2. The van der Waals surface area contributed by atoms with Crippen molar-refractivity contribution < 1.29 is 21.6 Å². The van der Waals surface area contributed by atoms with Crippen LogP contribution in [-0.4, -0.2) is 29.3 Å². The van der Waals surface area contributed by atoms with Gasteiger partial charge in [-0.15, -0.1) is 0 Å². The first-order valence-corrected chi connectivity index (χ1v) is 14.8. The monoisotopic (exact) mass is 587 g/mol. The van der Waals surface area contributed by atoms with Crippen LogP contribution in [0.4, 0.5) is 17.1 Å². The van der Waals surface area contributed by atoms with Gasteiger partial charge >= 0.3 is 0 Å². The summed E-state index contributed by atoms with van der Waals surface area (Å²) in [6.45, 7) is -0.497. The fraction of sp³-hybridized carbons (Fsp3) is 0.0385. The summed E-state index contributed by atoms with van der Waals surface area (Å²) in [6, 6.07) is 23.0. The molecular weight excluding hydrogens is 569 g/mol. The van der Waals surface area contributed by atoms with Gasteiger partial charge in [0.1, 0.15) is 6.54 Å². The molecule has 1 amide bonds. The zero-order chi connectivity index (χ0) is 27.1. The first-order chi connectivity index (χ1) is 18.0. The molecule has 5 rings (SSSR count). The molecule has 0 aromatic heterocycles. The Balaban J connectivity index is 1.34. The Kier molecular flexibility index (Phi) is 6.83. The molecule has 0 saturated heterocycles. The predicted octanol–water partition coefficient (Wildman–Crippen LogP) is 5.61. The number of halogens is 2. The zero-order valence-electron chi connectivity index (χ0n) is 19.4. The number of amides is 1. The number of hydrogen-bond donors (Lipinski definition) is 2. The van der Waals surface area contributed by atoms with E-state index in [2.05, 4.69) is 10.0 Å². The van der Waals surface area contributed by atoms with Crippen LogP contribution in [0, 0.1) is 0 Å². The first-order valence-electron chi connectivity index (χ1n) is 11.1. The average Bonchev–Trinajstić information content (AvgIpc) is 2.88. The number of benzene rings is 4. The van der Waals surface area contributed by atoms with Crippen molar-refractivity contribution in [2.75, 3.05) is 20.9 Å². The van der Waals surface area contributed by atoms with E-state index in [1.807, 2.05) is 0 Å². The minimum atomic E-state index is -4.02. The van der Waals surface area contributed by atoms with Crippen molar-refractivity contribution in [1.29, 1.82) is 0 Å². The van der Waals surface area contributed by atoms with Crippen LogP contribution in [0.1, 0.15) is 0 Å². The Labute approximate surface area is 229 Å². The molecule has 12 heteroatoms. The number of hydrogen-bond acceptors (Lipinski definition) is 5. The number of sulfonamides is 2. The molecule has 4 aromatic carbocycles. The highest BCUT2D eigenvalue weighted by molar-refractivity contribution is 7.93. The van der Waals surface area contributed by atoms with Crippen molar-refractivity contribution in [3.8, 4) is 11.1 Å². The van der Waals surface area contributed by atoms with Gasteiger partial charge in [-0.05, 0) is 72.8 Å². The van der Waals surface area contributed by atoms with Gasteiger partial charge < -0.3 is 5.32 Å². The van der Waals surface area contributed by atoms with Gasteiger partial charge in [0.25, 0.3) is 20.0 Å². The zero-order valence-corrected chi connectivity index (χ0v) is 22.6. The third kappa shape index (κ3) is 5.08. The fourth-order valence-electron chi connectivity index (χ4n) is 4.05. The lowest BCUT2D eigenvalue weighted by Gasteiger charge is -2.31. The highest BCUT2D eigenvalue weighted by Crippen LogP contribution is 2.43. The number of fused-ring (bicyclic) bond motifs is 3. The van der Waals surface area contributed by atoms with Crippen LogP contribution < -0.4 is 14.3 Å². The lowest BCUT2D eigenvalue weighted by Crippen LogP contribution is -2.40. The van der Waals surface area contributed by atoms with Crippen molar-refractivity contribution in [2.24, 2.45) is 0 Å². The van der Waals surface area contributed by atoms with E-state index in [1.54, 1.807) is 48.5 Å². The Morgan fingerprint density at radius 2 is 1.42 bits per heavy atom. The molecule has 194 valence electrons. The van der Waals surface area contributed by atoms with Crippen molar-refractivity contribution in [2.45, 2.75) is 9.79 Å². The van der Waals surface area contributed by atoms with Gasteiger partial charge in [0, 0.05) is 32.5 Å². The second-order valence-electron chi connectivity index (χ2n) is 8.35. The summed E-state index contributed by atoms with van der Waals surface area (Å²) in [5.74, 6) is -0.608. The van der Waals surface area contributed by atoms with E-state index in [4.69, 9.17) is 23.2 Å². The molecule has 0 bridgehead atoms. The highest BCUT2D eigenvalue weighted by Gasteiger charge is 2.36. The van der Waals surface area contributed by atoms with E-state index in [-0.39, 0.29) is 9.79 Å². The van der Waals surface area contributed by atoms with Crippen LogP contribution in [0.3, 0.4) is 0 Å². The van der Waals surface area contributed by atoms with Gasteiger partial charge in [-0.2, -0.15) is 0 Å². The van der Waals surface area contributed by atoms with E-state index in [9.17, 15) is 21.6 Å². The van der Waals surface area contributed by atoms with Crippen molar-refractivity contribution in [3.63, 3.8) is 0 Å². The second-order valence-corrected chi connectivity index (χ2v) is 12.7. The van der Waals surface area contributed by atoms with E-state index in [0.29, 0.717) is 38.2 Å². The Morgan fingerprint density at radius 1 is 0.789 bits per heavy atom. The number of nitrogens with zero attached hydrogens (tertiary/aromatic N) is 1. The normalized spacial score (nSPS) is 13.8. The summed E-state index contributed by atoms with van der Waals surface area (Å²) in [7, 11) is -7.90. The van der Waals surface area contributed by atoms with Gasteiger partial charge in [-0.25, -0.2) is 16.8 Å². The molecule has 0 spiro atoms. The number of rotatable bonds is 6. The highest BCUT2D eigenvalue weighted by atomic mass is 35.5. The van der Waals surface area contributed by atoms with Gasteiger partial charge in [0.05, 0.1) is 15.5 Å². The van der Waals surface area contributed by atoms with E-state index >= 15 is 0 Å². The molecule has 0 atom stereocenters. The van der Waals surface area contributed by atoms with Gasteiger partial charge in [0.2, 0.25) is 5.91 Å². The molecule has 0 aliphatic carbocycles. The quantitative estimate of drug-likeness (QED) is 0.304. The van der Waals surface area contributed by atoms with Gasteiger partial charge in [-0.3, -0.25) is 13.8 Å². The average molecular weight is 588 g/mol. The summed E-state index contributed by atoms with van der Waals surface area (Å²) >= 11 is 12.0. The molecule has 0 radical (unpaired) electrons. The molecule has 0 fully saturated rings. The number of nitrogens with one attached hydrogen (secondary N) is 2. The predicted molar refractivity (Wildman–Crippen MR) is 149 cm³/mol. The number of carbonyl (C=O) groups excluding carboxylic acids is 1. The summed E-state index contributed by atoms with van der Waals surface area (Å²) in [6.07, 6.45) is 0. The third-order valence-electron chi connectivity index (χ3n) is 5.80. The summed E-state index contributed by atoms with van der Waals surface area (Å²) < 4.78 is 55.6. The maximum Gasteiger partial charge on any atom is 0.265 e. The van der Waals surface area contributed by atoms with Crippen molar-refractivity contribution >= 4 is 66.2 Å². The van der Waals surface area contributed by atoms with Crippen LogP contribution in [0.25, 0.3) is 11.1 Å². The number of anilines is 3. The molecule has 0 unspecified atom stereocenters. The summed E-state index contributed by atoms with van der Waals surface area (Å²) in [5, 5.41) is 3.53. The lowest BCUT2D eigenvalue weighted by atomic mass is 10.0. The summed E-state index contributed by atoms with van der Waals surface area (Å²) in [4.78, 5) is 13.0. The van der Waals surface area contributed by atoms with Gasteiger partial charge in [-0.1, -0.05) is 41.4 Å². The molecule has 38 heavy (non-hydrogen) atoms. The van der Waals surface area contributed by atoms with E-state index < -0.39 is 32.5 Å². The van der Waals surface area contributed by atoms with E-state index in [1.165, 1.54) is 42.5 Å². The van der Waals surface area contributed by atoms with Crippen LogP contribution in [0.2, 0.25) is 10.0 Å². The molecule has 8 nitrogen and oxygen atoms in total. The molecule has 1 aliphatic rings. The second kappa shape index (κ2) is 9.95. The number of carbonyl (C=O) groups is 1. The van der Waals surface area contributed by atoms with Gasteiger partial charge in [0.15, 0.2) is 0 Å². The minimum Gasteiger partial charge on any atom is -0.325 e. The van der Waals surface area contributed by atoms with Crippen LogP contribution >= 0.6 is 23.2 Å². The minimum absolute atomic E-state index is 0.0218. The topological polar surface area (TPSA) is 113 Å². The standard InChI is InChI=1S/C26H19Cl2N3O5S2/c27-17-5-8-20(9-6-17)30-37(33,34)21-12-10-19(11-13-21)29-26(32)16-31-24-14-7-18(28)15-23(24)22-3-1-2-4-25(22)38(31,35)36/h1-15,30H,16H2,(H,29,32). The van der Waals surface area contributed by atoms with Crippen molar-refractivity contribution in [3.05, 3.63) is 101 Å². The Bertz CT molecular complexity index is 1760. The largest absolute Gasteiger partial charge is 0.325 e. The Hall–Kier alpha value is -3.57. The molecule has 1 aliphatic heterocycles.